The highest BCUT2D eigenvalue weighted by Gasteiger charge is 2.11. The Morgan fingerprint density at radius 3 is 2.17 bits per heavy atom. The van der Waals surface area contributed by atoms with Gasteiger partial charge in [0.15, 0.2) is 0 Å². The summed E-state index contributed by atoms with van der Waals surface area (Å²) >= 11 is 0. The molecule has 0 unspecified atom stereocenters. The number of aryl methyl sites for hydroxylation is 2. The third-order valence-electron chi connectivity index (χ3n) is 3.77. The molecule has 2 aromatic carbocycles. The lowest BCUT2D eigenvalue weighted by Gasteiger charge is -2.18. The monoisotopic (exact) mass is 325 g/mol. The van der Waals surface area contributed by atoms with E-state index in [1.807, 2.05) is 74.3 Å². The van der Waals surface area contributed by atoms with Crippen molar-refractivity contribution < 1.29 is 9.59 Å². The van der Waals surface area contributed by atoms with Crippen molar-refractivity contribution in [2.75, 3.05) is 30.4 Å². The summed E-state index contributed by atoms with van der Waals surface area (Å²) in [5.41, 5.74) is 3.75. The maximum Gasteiger partial charge on any atom is 0.243 e. The molecule has 2 amide bonds. The van der Waals surface area contributed by atoms with Crippen LogP contribution in [0.15, 0.2) is 48.5 Å². The number of hydrogen-bond donors (Lipinski definition) is 2. The van der Waals surface area contributed by atoms with Gasteiger partial charge < -0.3 is 15.5 Å². The molecule has 2 aromatic rings. The minimum atomic E-state index is -0.233. The molecule has 5 heteroatoms. The van der Waals surface area contributed by atoms with Crippen molar-refractivity contribution in [3.05, 3.63) is 59.7 Å². The number of nitrogens with one attached hydrogen (secondary N) is 2. The molecule has 2 N–H and O–H groups in total. The van der Waals surface area contributed by atoms with Gasteiger partial charge in [-0.05, 0) is 37.1 Å². The maximum atomic E-state index is 12.0. The molecule has 0 heterocycles. The Morgan fingerprint density at radius 1 is 0.917 bits per heavy atom. The largest absolute Gasteiger partial charge is 0.365 e. The molecule has 0 atom stereocenters. The molecule has 0 aliphatic rings. The van der Waals surface area contributed by atoms with Gasteiger partial charge >= 0.3 is 0 Å². The van der Waals surface area contributed by atoms with Gasteiger partial charge in [-0.25, -0.2) is 0 Å². The molecule has 0 spiro atoms. The second kappa shape index (κ2) is 8.15. The third-order valence-corrected chi connectivity index (χ3v) is 3.77. The summed E-state index contributed by atoms with van der Waals surface area (Å²) in [6.07, 6.45) is 0. The number of para-hydroxylation sites is 2. The summed E-state index contributed by atoms with van der Waals surface area (Å²) in [5, 5.41) is 5.50. The average Bonchev–Trinajstić information content (AvgIpc) is 2.57. The zero-order valence-electron chi connectivity index (χ0n) is 14.3. The Hall–Kier alpha value is -2.82. The number of carbonyl (C=O) groups excluding carboxylic acids is 2. The highest BCUT2D eigenvalue weighted by molar-refractivity contribution is 5.96. The molecule has 5 nitrogen and oxygen atoms in total. The first-order valence-electron chi connectivity index (χ1n) is 7.86. The number of hydrogen-bond acceptors (Lipinski definition) is 3. The van der Waals surface area contributed by atoms with Crippen molar-refractivity contribution >= 4 is 23.2 Å². The molecule has 0 aliphatic carbocycles. The zero-order chi connectivity index (χ0) is 17.5. The fourth-order valence-electron chi connectivity index (χ4n) is 2.42. The van der Waals surface area contributed by atoms with Crippen molar-refractivity contribution in [1.82, 2.24) is 5.32 Å². The van der Waals surface area contributed by atoms with E-state index in [9.17, 15) is 9.59 Å². The van der Waals surface area contributed by atoms with Crippen LogP contribution in [0.1, 0.15) is 11.1 Å². The van der Waals surface area contributed by atoms with Crippen LogP contribution in [0, 0.1) is 13.8 Å². The lowest BCUT2D eigenvalue weighted by molar-refractivity contribution is -0.123. The van der Waals surface area contributed by atoms with Crippen LogP contribution in [0.4, 0.5) is 11.4 Å². The molecule has 0 saturated carbocycles. The van der Waals surface area contributed by atoms with Crippen LogP contribution >= 0.6 is 0 Å². The van der Waals surface area contributed by atoms with Crippen molar-refractivity contribution in [3.63, 3.8) is 0 Å². The first-order valence-corrected chi connectivity index (χ1v) is 7.86. The van der Waals surface area contributed by atoms with Gasteiger partial charge in [0.25, 0.3) is 0 Å². The molecule has 0 fully saturated rings. The summed E-state index contributed by atoms with van der Waals surface area (Å²) in [6, 6.07) is 15.5. The Kier molecular flexibility index (Phi) is 5.95. The topological polar surface area (TPSA) is 61.4 Å². The summed E-state index contributed by atoms with van der Waals surface area (Å²) in [5.74, 6) is -0.430. The van der Waals surface area contributed by atoms with E-state index in [-0.39, 0.29) is 24.9 Å². The van der Waals surface area contributed by atoms with Crippen LogP contribution in [0.2, 0.25) is 0 Å². The number of benzene rings is 2. The Labute approximate surface area is 142 Å². The molecule has 0 aliphatic heterocycles. The van der Waals surface area contributed by atoms with E-state index < -0.39 is 0 Å². The standard InChI is InChI=1S/C19H23N3O2/c1-14-8-7-9-15(2)19(14)21-17(23)12-20-18(24)13-22(3)16-10-5-4-6-11-16/h4-11H,12-13H2,1-3H3,(H,20,24)(H,21,23). The normalized spacial score (nSPS) is 10.1. The van der Waals surface area contributed by atoms with Crippen LogP contribution in [0.5, 0.6) is 0 Å². The van der Waals surface area contributed by atoms with Gasteiger partial charge in [-0.15, -0.1) is 0 Å². The molecule has 24 heavy (non-hydrogen) atoms. The fraction of sp³-hybridized carbons (Fsp3) is 0.263. The molecule has 0 bridgehead atoms. The average molecular weight is 325 g/mol. The molecule has 0 saturated heterocycles. The first kappa shape index (κ1) is 17.5. The van der Waals surface area contributed by atoms with E-state index in [4.69, 9.17) is 0 Å². The van der Waals surface area contributed by atoms with Crippen LogP contribution in [-0.4, -0.2) is 32.0 Å². The Bertz CT molecular complexity index is 694. The highest BCUT2D eigenvalue weighted by atomic mass is 16.2. The van der Waals surface area contributed by atoms with Gasteiger partial charge in [-0.1, -0.05) is 36.4 Å². The van der Waals surface area contributed by atoms with E-state index in [1.165, 1.54) is 0 Å². The van der Waals surface area contributed by atoms with E-state index in [1.54, 1.807) is 0 Å². The second-order valence-corrected chi connectivity index (χ2v) is 5.78. The number of amides is 2. The van der Waals surface area contributed by atoms with Gasteiger partial charge in [-0.2, -0.15) is 0 Å². The van der Waals surface area contributed by atoms with Crippen molar-refractivity contribution in [1.29, 1.82) is 0 Å². The maximum absolute atomic E-state index is 12.0. The van der Waals surface area contributed by atoms with Crippen LogP contribution in [0.25, 0.3) is 0 Å². The van der Waals surface area contributed by atoms with Crippen LogP contribution < -0.4 is 15.5 Å². The molecule has 2 rings (SSSR count). The summed E-state index contributed by atoms with van der Waals surface area (Å²) in [7, 11) is 1.84. The Balaban J connectivity index is 1.82. The SMILES string of the molecule is Cc1cccc(C)c1NC(=O)CNC(=O)CN(C)c1ccccc1. The van der Waals surface area contributed by atoms with Gasteiger partial charge in [0.1, 0.15) is 0 Å². The van der Waals surface area contributed by atoms with E-state index in [0.29, 0.717) is 0 Å². The minimum Gasteiger partial charge on any atom is -0.365 e. The van der Waals surface area contributed by atoms with Crippen LogP contribution in [0.3, 0.4) is 0 Å². The van der Waals surface area contributed by atoms with Gasteiger partial charge in [0.2, 0.25) is 11.8 Å². The molecular weight excluding hydrogens is 302 g/mol. The number of rotatable bonds is 6. The van der Waals surface area contributed by atoms with Gasteiger partial charge in [0, 0.05) is 18.4 Å². The van der Waals surface area contributed by atoms with E-state index >= 15 is 0 Å². The van der Waals surface area contributed by atoms with Crippen molar-refractivity contribution in [2.45, 2.75) is 13.8 Å². The third kappa shape index (κ3) is 4.84. The number of nitrogens with zero attached hydrogens (tertiary/aromatic N) is 1. The van der Waals surface area contributed by atoms with E-state index in [2.05, 4.69) is 10.6 Å². The number of anilines is 2. The summed E-state index contributed by atoms with van der Waals surface area (Å²) < 4.78 is 0. The molecule has 0 aromatic heterocycles. The molecular formula is C19H23N3O2. The molecule has 126 valence electrons. The quantitative estimate of drug-likeness (QED) is 0.858. The van der Waals surface area contributed by atoms with E-state index in [0.717, 1.165) is 22.5 Å². The lowest BCUT2D eigenvalue weighted by atomic mass is 10.1. The summed E-state index contributed by atoms with van der Waals surface area (Å²) in [4.78, 5) is 25.9. The van der Waals surface area contributed by atoms with Gasteiger partial charge in [0.05, 0.1) is 13.1 Å². The minimum absolute atomic E-state index is 0.0464. The molecule has 0 radical (unpaired) electrons. The number of carbonyl (C=O) groups is 2. The number of likely N-dealkylation sites (N-methyl/N-ethyl adjacent to an activating group) is 1. The first-order chi connectivity index (χ1) is 11.5. The predicted molar refractivity (Wildman–Crippen MR) is 97.3 cm³/mol. The summed E-state index contributed by atoms with van der Waals surface area (Å²) in [6.45, 7) is 4.03. The smallest absolute Gasteiger partial charge is 0.243 e. The second-order valence-electron chi connectivity index (χ2n) is 5.78. The Morgan fingerprint density at radius 2 is 1.54 bits per heavy atom. The van der Waals surface area contributed by atoms with Crippen LogP contribution in [-0.2, 0) is 9.59 Å². The predicted octanol–water partition coefficient (Wildman–Crippen LogP) is 2.49. The fourth-order valence-corrected chi connectivity index (χ4v) is 2.42. The highest BCUT2D eigenvalue weighted by Crippen LogP contribution is 2.19. The zero-order valence-corrected chi connectivity index (χ0v) is 14.3. The van der Waals surface area contributed by atoms with Crippen molar-refractivity contribution in [3.8, 4) is 0 Å². The van der Waals surface area contributed by atoms with Crippen molar-refractivity contribution in [2.24, 2.45) is 0 Å². The lowest BCUT2D eigenvalue weighted by Crippen LogP contribution is -2.39. The van der Waals surface area contributed by atoms with Gasteiger partial charge in [-0.3, -0.25) is 9.59 Å².